The van der Waals surface area contributed by atoms with Crippen molar-refractivity contribution in [2.24, 2.45) is 0 Å². The van der Waals surface area contributed by atoms with E-state index in [1.54, 1.807) is 0 Å². The van der Waals surface area contributed by atoms with Crippen molar-refractivity contribution in [3.63, 3.8) is 0 Å². The van der Waals surface area contributed by atoms with E-state index in [-0.39, 0.29) is 5.48 Å². The third kappa shape index (κ3) is 1.80. The quantitative estimate of drug-likeness (QED) is 0.441. The van der Waals surface area contributed by atoms with E-state index in [1.165, 1.54) is 0 Å². The van der Waals surface area contributed by atoms with Gasteiger partial charge in [-0.25, -0.2) is 0 Å². The van der Waals surface area contributed by atoms with Crippen LogP contribution in [0.15, 0.2) is 24.4 Å². The van der Waals surface area contributed by atoms with Gasteiger partial charge in [0, 0.05) is 13.6 Å². The molecule has 0 fully saturated rings. The molecular formula is C6H11NO. The molecule has 0 spiro atoms. The molecule has 8 heavy (non-hydrogen) atoms. The molecule has 0 atom stereocenters. The standard InChI is InChI=1S/C6H9N.H2O/c1-7-5-3-2-4-6-7;/h2-5H,6H2,1H3;1H2. The lowest BCUT2D eigenvalue weighted by Gasteiger charge is -2.11. The first-order chi connectivity index (χ1) is 3.39. The highest BCUT2D eigenvalue weighted by molar-refractivity contribution is 5.07. The number of hydrogen-bond acceptors (Lipinski definition) is 1. The molecule has 0 radical (unpaired) electrons. The van der Waals surface area contributed by atoms with Crippen LogP contribution < -0.4 is 0 Å². The topological polar surface area (TPSA) is 34.7 Å². The first kappa shape index (κ1) is 7.24. The summed E-state index contributed by atoms with van der Waals surface area (Å²) in [5.41, 5.74) is 0. The van der Waals surface area contributed by atoms with Crippen LogP contribution in [0.1, 0.15) is 0 Å². The zero-order valence-electron chi connectivity index (χ0n) is 4.96. The van der Waals surface area contributed by atoms with Crippen molar-refractivity contribution in [3.05, 3.63) is 24.4 Å². The van der Waals surface area contributed by atoms with Gasteiger partial charge in [-0.2, -0.15) is 0 Å². The average molecular weight is 113 g/mol. The van der Waals surface area contributed by atoms with Gasteiger partial charge in [0.15, 0.2) is 0 Å². The molecule has 0 aromatic carbocycles. The maximum atomic E-state index is 2.12. The third-order valence-electron chi connectivity index (χ3n) is 0.981. The van der Waals surface area contributed by atoms with Crippen LogP contribution in [0.2, 0.25) is 0 Å². The number of rotatable bonds is 0. The van der Waals surface area contributed by atoms with E-state index in [1.807, 2.05) is 6.08 Å². The van der Waals surface area contributed by atoms with E-state index < -0.39 is 0 Å². The molecule has 46 valence electrons. The second-order valence-electron chi connectivity index (χ2n) is 1.71. The summed E-state index contributed by atoms with van der Waals surface area (Å²) in [5, 5.41) is 0. The Balaban J connectivity index is 0.000000490. The molecule has 0 saturated heterocycles. The fraction of sp³-hybridized carbons (Fsp3) is 0.333. The number of nitrogens with zero attached hydrogens (tertiary/aromatic N) is 1. The zero-order chi connectivity index (χ0) is 5.11. The Bertz CT molecular complexity index is 107. The van der Waals surface area contributed by atoms with Gasteiger partial charge in [0.2, 0.25) is 0 Å². The molecule has 0 aromatic heterocycles. The average Bonchev–Trinajstić information content (AvgIpc) is 1.69. The predicted octanol–water partition coefficient (Wildman–Crippen LogP) is 0.177. The molecule has 0 bridgehead atoms. The highest BCUT2D eigenvalue weighted by atomic mass is 16.0. The minimum atomic E-state index is 0. The summed E-state index contributed by atoms with van der Waals surface area (Å²) < 4.78 is 0. The first-order valence-electron chi connectivity index (χ1n) is 2.43. The van der Waals surface area contributed by atoms with Gasteiger partial charge in [-0.15, -0.1) is 0 Å². The SMILES string of the molecule is CN1C=CC=CC1.O. The van der Waals surface area contributed by atoms with Gasteiger partial charge in [-0.1, -0.05) is 12.2 Å². The van der Waals surface area contributed by atoms with E-state index in [0.717, 1.165) is 6.54 Å². The molecule has 0 saturated carbocycles. The molecule has 0 aromatic rings. The van der Waals surface area contributed by atoms with Crippen molar-refractivity contribution in [2.45, 2.75) is 0 Å². The summed E-state index contributed by atoms with van der Waals surface area (Å²) in [6.45, 7) is 1.05. The lowest BCUT2D eigenvalue weighted by molar-refractivity contribution is 0.505. The molecule has 2 heteroatoms. The minimum Gasteiger partial charge on any atom is -0.412 e. The van der Waals surface area contributed by atoms with Crippen LogP contribution in [0.3, 0.4) is 0 Å². The number of allylic oxidation sites excluding steroid dienone is 2. The summed E-state index contributed by atoms with van der Waals surface area (Å²) in [6, 6.07) is 0. The summed E-state index contributed by atoms with van der Waals surface area (Å²) in [4.78, 5) is 2.12. The molecule has 0 amide bonds. The Morgan fingerprint density at radius 1 is 1.38 bits per heavy atom. The van der Waals surface area contributed by atoms with Gasteiger partial charge >= 0.3 is 0 Å². The Morgan fingerprint density at radius 2 is 2.12 bits per heavy atom. The van der Waals surface area contributed by atoms with Crippen LogP contribution in [0, 0.1) is 0 Å². The second-order valence-corrected chi connectivity index (χ2v) is 1.71. The van der Waals surface area contributed by atoms with Crippen LogP contribution in [0.5, 0.6) is 0 Å². The van der Waals surface area contributed by atoms with Crippen LogP contribution in [-0.2, 0) is 0 Å². The second kappa shape index (κ2) is 3.27. The molecule has 2 nitrogen and oxygen atoms in total. The van der Waals surface area contributed by atoms with Crippen LogP contribution in [0.25, 0.3) is 0 Å². The van der Waals surface area contributed by atoms with Crippen molar-refractivity contribution in [2.75, 3.05) is 13.6 Å². The van der Waals surface area contributed by atoms with Gasteiger partial charge in [0.05, 0.1) is 0 Å². The Kier molecular flexibility index (Phi) is 2.96. The Labute approximate surface area is 49.4 Å². The molecule has 0 unspecified atom stereocenters. The molecule has 1 heterocycles. The molecule has 1 aliphatic rings. The third-order valence-corrected chi connectivity index (χ3v) is 0.981. The van der Waals surface area contributed by atoms with Crippen LogP contribution in [-0.4, -0.2) is 24.0 Å². The van der Waals surface area contributed by atoms with E-state index >= 15 is 0 Å². The molecule has 1 aliphatic heterocycles. The predicted molar refractivity (Wildman–Crippen MR) is 34.5 cm³/mol. The van der Waals surface area contributed by atoms with Crippen molar-refractivity contribution >= 4 is 0 Å². The molecule has 2 N–H and O–H groups in total. The van der Waals surface area contributed by atoms with E-state index in [4.69, 9.17) is 0 Å². The lowest BCUT2D eigenvalue weighted by Crippen LogP contribution is -2.11. The molecular weight excluding hydrogens is 102 g/mol. The smallest absolute Gasteiger partial charge is 0.0353 e. The van der Waals surface area contributed by atoms with Crippen molar-refractivity contribution < 1.29 is 5.48 Å². The largest absolute Gasteiger partial charge is 0.412 e. The fourth-order valence-electron chi connectivity index (χ4n) is 0.563. The molecule has 1 rings (SSSR count). The van der Waals surface area contributed by atoms with Gasteiger partial charge in [-0.05, 0) is 12.3 Å². The summed E-state index contributed by atoms with van der Waals surface area (Å²) in [5.74, 6) is 0. The van der Waals surface area contributed by atoms with Crippen molar-refractivity contribution in [1.29, 1.82) is 0 Å². The normalized spacial score (nSPS) is 15.9. The zero-order valence-corrected chi connectivity index (χ0v) is 4.96. The molecule has 0 aliphatic carbocycles. The summed E-state index contributed by atoms with van der Waals surface area (Å²) >= 11 is 0. The van der Waals surface area contributed by atoms with Gasteiger partial charge in [-0.3, -0.25) is 0 Å². The van der Waals surface area contributed by atoms with Crippen molar-refractivity contribution in [3.8, 4) is 0 Å². The Hall–Kier alpha value is -0.760. The van der Waals surface area contributed by atoms with Gasteiger partial charge < -0.3 is 10.4 Å². The highest BCUT2D eigenvalue weighted by Crippen LogP contribution is 1.91. The highest BCUT2D eigenvalue weighted by Gasteiger charge is 1.86. The first-order valence-corrected chi connectivity index (χ1v) is 2.43. The maximum Gasteiger partial charge on any atom is 0.0353 e. The van der Waals surface area contributed by atoms with Gasteiger partial charge in [0.25, 0.3) is 0 Å². The van der Waals surface area contributed by atoms with Crippen LogP contribution >= 0.6 is 0 Å². The van der Waals surface area contributed by atoms with E-state index in [0.29, 0.717) is 0 Å². The summed E-state index contributed by atoms with van der Waals surface area (Å²) in [6.07, 6.45) is 8.27. The Morgan fingerprint density at radius 3 is 2.38 bits per heavy atom. The van der Waals surface area contributed by atoms with E-state index in [9.17, 15) is 0 Å². The number of likely N-dealkylation sites (N-methyl/N-ethyl adjacent to an activating group) is 1. The fourth-order valence-corrected chi connectivity index (χ4v) is 0.563. The maximum absolute atomic E-state index is 2.12. The minimum absolute atomic E-state index is 0. The monoisotopic (exact) mass is 113 g/mol. The summed E-state index contributed by atoms with van der Waals surface area (Å²) in [7, 11) is 2.06. The van der Waals surface area contributed by atoms with E-state index in [2.05, 4.69) is 30.3 Å². The number of hydrogen-bond donors (Lipinski definition) is 0. The lowest BCUT2D eigenvalue weighted by atomic mass is 10.4. The van der Waals surface area contributed by atoms with Gasteiger partial charge in [0.1, 0.15) is 0 Å². The van der Waals surface area contributed by atoms with Crippen molar-refractivity contribution in [1.82, 2.24) is 4.90 Å². The van der Waals surface area contributed by atoms with Crippen LogP contribution in [0.4, 0.5) is 0 Å².